The molecule has 0 radical (unpaired) electrons. The van der Waals surface area contributed by atoms with Gasteiger partial charge in [0.1, 0.15) is 5.75 Å². The first-order chi connectivity index (χ1) is 9.10. The number of benzene rings is 1. The standard InChI is InChI=1S/C14H19N3OS/c1-9(2)8-18-12-6-4-11(5-7-12)13-10(3)16-14(17-15)19-13/h4-7,9H,8,15H2,1-3H3,(H,16,17). The number of hydrazine groups is 1. The van der Waals surface area contributed by atoms with Crippen LogP contribution in [0.5, 0.6) is 5.75 Å². The highest BCUT2D eigenvalue weighted by Crippen LogP contribution is 2.33. The topological polar surface area (TPSA) is 60.2 Å². The average Bonchev–Trinajstić information content (AvgIpc) is 2.78. The lowest BCUT2D eigenvalue weighted by Gasteiger charge is -2.08. The third kappa shape index (κ3) is 3.45. The largest absolute Gasteiger partial charge is 0.493 e. The van der Waals surface area contributed by atoms with Crippen LogP contribution in [-0.2, 0) is 0 Å². The number of nitrogens with zero attached hydrogens (tertiary/aromatic N) is 1. The van der Waals surface area contributed by atoms with Gasteiger partial charge in [0, 0.05) is 0 Å². The number of rotatable bonds is 5. The van der Waals surface area contributed by atoms with Crippen LogP contribution >= 0.6 is 11.3 Å². The van der Waals surface area contributed by atoms with E-state index in [1.165, 1.54) is 0 Å². The van der Waals surface area contributed by atoms with Crippen LogP contribution < -0.4 is 16.0 Å². The van der Waals surface area contributed by atoms with Crippen molar-refractivity contribution in [1.82, 2.24) is 4.98 Å². The van der Waals surface area contributed by atoms with E-state index in [1.54, 1.807) is 11.3 Å². The summed E-state index contributed by atoms with van der Waals surface area (Å²) >= 11 is 1.55. The molecule has 1 aromatic heterocycles. The summed E-state index contributed by atoms with van der Waals surface area (Å²) in [6.45, 7) is 6.99. The van der Waals surface area contributed by atoms with Crippen molar-refractivity contribution in [2.75, 3.05) is 12.0 Å². The van der Waals surface area contributed by atoms with E-state index < -0.39 is 0 Å². The molecule has 0 unspecified atom stereocenters. The van der Waals surface area contributed by atoms with Crippen molar-refractivity contribution in [3.63, 3.8) is 0 Å². The van der Waals surface area contributed by atoms with Crippen LogP contribution in [0.25, 0.3) is 10.4 Å². The van der Waals surface area contributed by atoms with E-state index in [2.05, 4.69) is 36.4 Å². The van der Waals surface area contributed by atoms with E-state index in [0.29, 0.717) is 5.92 Å². The molecular formula is C14H19N3OS. The van der Waals surface area contributed by atoms with Crippen LogP contribution in [0.15, 0.2) is 24.3 Å². The Morgan fingerprint density at radius 3 is 2.53 bits per heavy atom. The Balaban J connectivity index is 2.15. The van der Waals surface area contributed by atoms with E-state index >= 15 is 0 Å². The zero-order valence-corrected chi connectivity index (χ0v) is 12.3. The second kappa shape index (κ2) is 6.04. The molecule has 3 N–H and O–H groups in total. The minimum atomic E-state index is 0.529. The second-order valence-corrected chi connectivity index (χ2v) is 5.81. The molecule has 0 amide bonds. The predicted molar refractivity (Wildman–Crippen MR) is 80.4 cm³/mol. The van der Waals surface area contributed by atoms with Crippen LogP contribution in [-0.4, -0.2) is 11.6 Å². The van der Waals surface area contributed by atoms with Gasteiger partial charge in [-0.05, 0) is 42.7 Å². The average molecular weight is 277 g/mol. The number of ether oxygens (including phenoxy) is 1. The Morgan fingerprint density at radius 1 is 1.32 bits per heavy atom. The van der Waals surface area contributed by atoms with Crippen LogP contribution in [0.3, 0.4) is 0 Å². The third-order valence-corrected chi connectivity index (χ3v) is 3.76. The minimum Gasteiger partial charge on any atom is -0.493 e. The van der Waals surface area contributed by atoms with Gasteiger partial charge >= 0.3 is 0 Å². The zero-order valence-electron chi connectivity index (χ0n) is 11.4. The molecule has 2 aromatic rings. The number of hydrogen-bond donors (Lipinski definition) is 2. The highest BCUT2D eigenvalue weighted by molar-refractivity contribution is 7.19. The molecule has 4 nitrogen and oxygen atoms in total. The number of aromatic nitrogens is 1. The molecule has 1 aromatic carbocycles. The van der Waals surface area contributed by atoms with Crippen molar-refractivity contribution >= 4 is 16.5 Å². The summed E-state index contributed by atoms with van der Waals surface area (Å²) in [4.78, 5) is 5.47. The molecule has 0 aliphatic rings. The van der Waals surface area contributed by atoms with E-state index in [0.717, 1.165) is 33.6 Å². The van der Waals surface area contributed by atoms with E-state index in [-0.39, 0.29) is 0 Å². The van der Waals surface area contributed by atoms with E-state index in [9.17, 15) is 0 Å². The molecule has 0 bridgehead atoms. The summed E-state index contributed by atoms with van der Waals surface area (Å²) in [7, 11) is 0. The smallest absolute Gasteiger partial charge is 0.197 e. The Kier molecular flexibility index (Phi) is 4.39. The van der Waals surface area contributed by atoms with E-state index in [1.807, 2.05) is 19.1 Å². The number of nitrogen functional groups attached to an aromatic ring is 1. The summed E-state index contributed by atoms with van der Waals surface area (Å²) in [5, 5.41) is 0.729. The van der Waals surface area contributed by atoms with Gasteiger partial charge in [-0.2, -0.15) is 0 Å². The molecule has 0 aliphatic heterocycles. The monoisotopic (exact) mass is 277 g/mol. The first kappa shape index (κ1) is 13.8. The highest BCUT2D eigenvalue weighted by Gasteiger charge is 2.09. The van der Waals surface area contributed by atoms with E-state index in [4.69, 9.17) is 10.6 Å². The normalized spacial score (nSPS) is 10.8. The number of thiazole rings is 1. The summed E-state index contributed by atoms with van der Waals surface area (Å²) in [6.07, 6.45) is 0. The summed E-state index contributed by atoms with van der Waals surface area (Å²) < 4.78 is 5.67. The van der Waals surface area contributed by atoms with Crippen LogP contribution in [0.2, 0.25) is 0 Å². The van der Waals surface area contributed by atoms with Crippen LogP contribution in [0.4, 0.5) is 5.13 Å². The first-order valence-electron chi connectivity index (χ1n) is 6.27. The number of aryl methyl sites for hydroxylation is 1. The van der Waals surface area contributed by atoms with Gasteiger partial charge in [-0.3, -0.25) is 5.43 Å². The summed E-state index contributed by atoms with van der Waals surface area (Å²) in [5.41, 5.74) is 4.70. The van der Waals surface area contributed by atoms with Gasteiger partial charge in [0.25, 0.3) is 0 Å². The molecule has 1 heterocycles. The lowest BCUT2D eigenvalue weighted by molar-refractivity contribution is 0.271. The van der Waals surface area contributed by atoms with Crippen molar-refractivity contribution in [3.8, 4) is 16.2 Å². The Labute approximate surface area is 117 Å². The molecule has 0 fully saturated rings. The van der Waals surface area contributed by atoms with Crippen molar-refractivity contribution in [2.24, 2.45) is 11.8 Å². The third-order valence-electron chi connectivity index (χ3n) is 2.62. The fraction of sp³-hybridized carbons (Fsp3) is 0.357. The maximum Gasteiger partial charge on any atom is 0.197 e. The molecule has 0 spiro atoms. The Hall–Kier alpha value is -1.59. The number of hydrogen-bond acceptors (Lipinski definition) is 5. The van der Waals surface area contributed by atoms with Crippen molar-refractivity contribution in [1.29, 1.82) is 0 Å². The number of nitrogens with one attached hydrogen (secondary N) is 1. The molecule has 2 rings (SSSR count). The minimum absolute atomic E-state index is 0.529. The zero-order chi connectivity index (χ0) is 13.8. The molecule has 0 aliphatic carbocycles. The maximum atomic E-state index is 5.67. The molecule has 5 heteroatoms. The number of nitrogens with two attached hydrogens (primary N) is 1. The Morgan fingerprint density at radius 2 is 2.00 bits per heavy atom. The second-order valence-electron chi connectivity index (χ2n) is 4.81. The predicted octanol–water partition coefficient (Wildman–Crippen LogP) is 3.44. The molecule has 102 valence electrons. The molecular weight excluding hydrogens is 258 g/mol. The van der Waals surface area contributed by atoms with Crippen molar-refractivity contribution in [3.05, 3.63) is 30.0 Å². The SMILES string of the molecule is Cc1nc(NN)sc1-c1ccc(OCC(C)C)cc1. The van der Waals surface area contributed by atoms with Gasteiger partial charge in [0.2, 0.25) is 0 Å². The van der Waals surface area contributed by atoms with Crippen molar-refractivity contribution < 1.29 is 4.74 Å². The fourth-order valence-electron chi connectivity index (χ4n) is 1.69. The van der Waals surface area contributed by atoms with Gasteiger partial charge in [-0.1, -0.05) is 25.2 Å². The molecule has 19 heavy (non-hydrogen) atoms. The molecule has 0 saturated heterocycles. The van der Waals surface area contributed by atoms with Gasteiger partial charge in [-0.25, -0.2) is 10.8 Å². The summed E-state index contributed by atoms with van der Waals surface area (Å²) in [6, 6.07) is 8.09. The van der Waals surface area contributed by atoms with Gasteiger partial charge in [0.15, 0.2) is 5.13 Å². The number of anilines is 1. The molecule has 0 saturated carbocycles. The highest BCUT2D eigenvalue weighted by atomic mass is 32.1. The lowest BCUT2D eigenvalue weighted by Crippen LogP contribution is -2.05. The Bertz CT molecular complexity index is 534. The lowest BCUT2D eigenvalue weighted by atomic mass is 10.1. The van der Waals surface area contributed by atoms with Gasteiger partial charge < -0.3 is 4.74 Å². The first-order valence-corrected chi connectivity index (χ1v) is 7.09. The van der Waals surface area contributed by atoms with Crippen LogP contribution in [0, 0.1) is 12.8 Å². The molecule has 0 atom stereocenters. The maximum absolute atomic E-state index is 5.67. The van der Waals surface area contributed by atoms with Crippen LogP contribution in [0.1, 0.15) is 19.5 Å². The van der Waals surface area contributed by atoms with Gasteiger partial charge in [0.05, 0.1) is 17.2 Å². The quantitative estimate of drug-likeness (QED) is 0.649. The van der Waals surface area contributed by atoms with Crippen molar-refractivity contribution in [2.45, 2.75) is 20.8 Å². The fourth-order valence-corrected chi connectivity index (χ4v) is 2.57. The summed E-state index contributed by atoms with van der Waals surface area (Å²) in [5.74, 6) is 6.81. The van der Waals surface area contributed by atoms with Gasteiger partial charge in [-0.15, -0.1) is 0 Å².